The Balaban J connectivity index is 1.69. The number of aliphatic imine (C=N–C) groups is 1. The molecule has 0 radical (unpaired) electrons. The van der Waals surface area contributed by atoms with Gasteiger partial charge >= 0.3 is 0 Å². The molecule has 0 unspecified atom stereocenters. The van der Waals surface area contributed by atoms with Crippen molar-refractivity contribution in [1.29, 1.82) is 0 Å². The Bertz CT molecular complexity index is 1310. The molecule has 1 fully saturated rings. The maximum Gasteiger partial charge on any atom is 0.266 e. The number of thioether (sulfide) groups is 1. The average Bonchev–Trinajstić information content (AvgIpc) is 3.29. The van der Waals surface area contributed by atoms with Crippen LogP contribution >= 0.6 is 11.8 Å². The van der Waals surface area contributed by atoms with Gasteiger partial charge in [0.05, 0.1) is 30.9 Å². The first-order valence-corrected chi connectivity index (χ1v) is 12.3. The number of carbonyl (C=O) groups excluding carboxylic acids is 1. The number of rotatable bonds is 7. The molecule has 1 aliphatic heterocycles. The van der Waals surface area contributed by atoms with Crippen molar-refractivity contribution in [2.75, 3.05) is 27.4 Å². The van der Waals surface area contributed by atoms with E-state index < -0.39 is 0 Å². The lowest BCUT2D eigenvalue weighted by Gasteiger charge is -2.14. The topological polar surface area (TPSA) is 56.1 Å². The molecule has 182 valence electrons. The number of carbonyl (C=O) groups is 1. The molecule has 0 bridgehead atoms. The van der Waals surface area contributed by atoms with Crippen LogP contribution in [0, 0.1) is 27.7 Å². The third-order valence-corrected chi connectivity index (χ3v) is 7.22. The standard InChI is InChI=1S/C28H31N3O3S/c1-18-7-10-24(15-19(18)2)31-20(3)16-22(21(31)4)17-26-27(32)30(13-14-33-5)28(35-26)29-23-8-11-25(34-6)12-9-23/h7-12,15-17H,13-14H2,1-6H3/b26-17-,29-28?. The first kappa shape index (κ1) is 24.8. The van der Waals surface area contributed by atoms with Crippen molar-refractivity contribution in [2.24, 2.45) is 4.99 Å². The van der Waals surface area contributed by atoms with E-state index in [2.05, 4.69) is 56.5 Å². The summed E-state index contributed by atoms with van der Waals surface area (Å²) < 4.78 is 12.7. The number of aromatic nitrogens is 1. The van der Waals surface area contributed by atoms with E-state index >= 15 is 0 Å². The zero-order chi connectivity index (χ0) is 25.1. The van der Waals surface area contributed by atoms with Crippen LogP contribution in [0.15, 0.2) is 58.4 Å². The summed E-state index contributed by atoms with van der Waals surface area (Å²) in [6.45, 7) is 9.30. The van der Waals surface area contributed by atoms with Crippen LogP contribution in [0.5, 0.6) is 5.75 Å². The van der Waals surface area contributed by atoms with Crippen LogP contribution in [0.2, 0.25) is 0 Å². The first-order chi connectivity index (χ1) is 16.8. The fraction of sp³-hybridized carbons (Fsp3) is 0.286. The number of benzene rings is 2. The van der Waals surface area contributed by atoms with Crippen molar-refractivity contribution in [1.82, 2.24) is 9.47 Å². The molecule has 1 saturated heterocycles. The Labute approximate surface area is 211 Å². The van der Waals surface area contributed by atoms with Gasteiger partial charge in [0.1, 0.15) is 5.75 Å². The maximum atomic E-state index is 13.3. The molecule has 3 aromatic rings. The Kier molecular flexibility index (Phi) is 7.48. The zero-order valence-electron chi connectivity index (χ0n) is 21.1. The Hall–Kier alpha value is -3.29. The number of amidine groups is 1. The molecule has 6 nitrogen and oxygen atoms in total. The van der Waals surface area contributed by atoms with Crippen molar-refractivity contribution in [3.05, 3.63) is 81.5 Å². The lowest BCUT2D eigenvalue weighted by Crippen LogP contribution is -2.32. The molecule has 1 aliphatic rings. The van der Waals surface area contributed by atoms with Crippen molar-refractivity contribution in [2.45, 2.75) is 27.7 Å². The third kappa shape index (κ3) is 5.21. The van der Waals surface area contributed by atoms with Gasteiger partial charge in [-0.25, -0.2) is 4.99 Å². The van der Waals surface area contributed by atoms with Gasteiger partial charge in [-0.05, 0) is 105 Å². The van der Waals surface area contributed by atoms with E-state index in [9.17, 15) is 4.79 Å². The van der Waals surface area contributed by atoms with Crippen LogP contribution in [0.1, 0.15) is 28.1 Å². The van der Waals surface area contributed by atoms with E-state index in [1.165, 1.54) is 22.9 Å². The van der Waals surface area contributed by atoms with Crippen LogP contribution in [0.25, 0.3) is 11.8 Å². The van der Waals surface area contributed by atoms with E-state index in [1.54, 1.807) is 19.1 Å². The van der Waals surface area contributed by atoms with Gasteiger partial charge in [0.2, 0.25) is 0 Å². The summed E-state index contributed by atoms with van der Waals surface area (Å²) in [6, 6.07) is 16.1. The van der Waals surface area contributed by atoms with Gasteiger partial charge < -0.3 is 14.0 Å². The largest absolute Gasteiger partial charge is 0.497 e. The molecule has 0 spiro atoms. The van der Waals surface area contributed by atoms with Crippen LogP contribution < -0.4 is 4.74 Å². The molecule has 35 heavy (non-hydrogen) atoms. The highest BCUT2D eigenvalue weighted by atomic mass is 32.2. The van der Waals surface area contributed by atoms with Gasteiger partial charge in [-0.1, -0.05) is 6.07 Å². The average molecular weight is 490 g/mol. The summed E-state index contributed by atoms with van der Waals surface area (Å²) in [7, 11) is 3.26. The maximum absolute atomic E-state index is 13.3. The zero-order valence-corrected chi connectivity index (χ0v) is 21.9. The minimum absolute atomic E-state index is 0.0599. The normalized spacial score (nSPS) is 16.1. The van der Waals surface area contributed by atoms with E-state index in [0.29, 0.717) is 23.2 Å². The predicted molar refractivity (Wildman–Crippen MR) is 144 cm³/mol. The predicted octanol–water partition coefficient (Wildman–Crippen LogP) is 5.97. The Morgan fingerprint density at radius 3 is 2.37 bits per heavy atom. The molecule has 1 aromatic heterocycles. The molecular weight excluding hydrogens is 458 g/mol. The van der Waals surface area contributed by atoms with Crippen molar-refractivity contribution < 1.29 is 14.3 Å². The lowest BCUT2D eigenvalue weighted by atomic mass is 10.1. The van der Waals surface area contributed by atoms with Crippen LogP contribution in [-0.2, 0) is 9.53 Å². The van der Waals surface area contributed by atoms with Gasteiger partial charge in [0.25, 0.3) is 5.91 Å². The van der Waals surface area contributed by atoms with Gasteiger partial charge in [0, 0.05) is 24.2 Å². The fourth-order valence-electron chi connectivity index (χ4n) is 4.08. The second kappa shape index (κ2) is 10.5. The highest BCUT2D eigenvalue weighted by molar-refractivity contribution is 8.18. The van der Waals surface area contributed by atoms with E-state index in [0.717, 1.165) is 34.1 Å². The van der Waals surface area contributed by atoms with Gasteiger partial charge in [0.15, 0.2) is 5.17 Å². The molecule has 2 aromatic carbocycles. The van der Waals surface area contributed by atoms with Crippen LogP contribution in [0.4, 0.5) is 5.69 Å². The number of methoxy groups -OCH3 is 2. The summed E-state index contributed by atoms with van der Waals surface area (Å²) in [5, 5.41) is 0.645. The van der Waals surface area contributed by atoms with E-state index in [-0.39, 0.29) is 5.91 Å². The second-order valence-electron chi connectivity index (χ2n) is 8.58. The summed E-state index contributed by atoms with van der Waals surface area (Å²) >= 11 is 1.39. The van der Waals surface area contributed by atoms with Crippen LogP contribution in [-0.4, -0.2) is 47.9 Å². The number of ether oxygens (including phenoxy) is 2. The molecule has 0 aliphatic carbocycles. The molecule has 0 saturated carbocycles. The monoisotopic (exact) mass is 489 g/mol. The molecule has 1 amide bonds. The highest BCUT2D eigenvalue weighted by Crippen LogP contribution is 2.35. The van der Waals surface area contributed by atoms with Crippen LogP contribution in [0.3, 0.4) is 0 Å². The fourth-order valence-corrected chi connectivity index (χ4v) is 5.09. The third-order valence-electron chi connectivity index (χ3n) is 6.21. The smallest absolute Gasteiger partial charge is 0.266 e. The number of nitrogens with zero attached hydrogens (tertiary/aromatic N) is 3. The number of hydrogen-bond donors (Lipinski definition) is 0. The molecule has 2 heterocycles. The summed E-state index contributed by atoms with van der Waals surface area (Å²) in [6.07, 6.45) is 1.98. The molecular formula is C28H31N3O3S. The minimum atomic E-state index is -0.0599. The number of aryl methyl sites for hydroxylation is 3. The van der Waals surface area contributed by atoms with Crippen molar-refractivity contribution in [3.63, 3.8) is 0 Å². The second-order valence-corrected chi connectivity index (χ2v) is 9.59. The van der Waals surface area contributed by atoms with Gasteiger partial charge in [-0.15, -0.1) is 0 Å². The minimum Gasteiger partial charge on any atom is -0.497 e. The number of amides is 1. The van der Waals surface area contributed by atoms with Gasteiger partial charge in [-0.2, -0.15) is 0 Å². The van der Waals surface area contributed by atoms with Crippen molar-refractivity contribution in [3.8, 4) is 11.4 Å². The van der Waals surface area contributed by atoms with E-state index in [4.69, 9.17) is 14.5 Å². The lowest BCUT2D eigenvalue weighted by molar-refractivity contribution is -0.122. The summed E-state index contributed by atoms with van der Waals surface area (Å²) in [5.74, 6) is 0.704. The SMILES string of the molecule is COCCN1C(=O)/C(=C/c2cc(C)n(-c3ccc(C)c(C)c3)c2C)SC1=Nc1ccc(OC)cc1. The molecule has 0 atom stereocenters. The summed E-state index contributed by atoms with van der Waals surface area (Å²) in [4.78, 5) is 20.4. The first-order valence-electron chi connectivity index (χ1n) is 11.5. The summed E-state index contributed by atoms with van der Waals surface area (Å²) in [5.41, 5.74) is 7.65. The molecule has 4 rings (SSSR count). The van der Waals surface area contributed by atoms with Gasteiger partial charge in [-0.3, -0.25) is 9.69 Å². The molecule has 7 heteroatoms. The Morgan fingerprint density at radius 1 is 0.971 bits per heavy atom. The number of hydrogen-bond acceptors (Lipinski definition) is 5. The highest BCUT2D eigenvalue weighted by Gasteiger charge is 2.33. The Morgan fingerprint density at radius 2 is 1.71 bits per heavy atom. The van der Waals surface area contributed by atoms with E-state index in [1.807, 2.05) is 30.3 Å². The quantitative estimate of drug-likeness (QED) is 0.384. The molecule has 0 N–H and O–H groups in total. The van der Waals surface area contributed by atoms with Crippen molar-refractivity contribution >= 4 is 34.6 Å².